The van der Waals surface area contributed by atoms with Gasteiger partial charge in [-0.15, -0.1) is 0 Å². The molecule has 0 aliphatic carbocycles. The van der Waals surface area contributed by atoms with Crippen LogP contribution in [0.4, 0.5) is 5.82 Å². The van der Waals surface area contributed by atoms with Crippen LogP contribution in [0.25, 0.3) is 22.4 Å². The van der Waals surface area contributed by atoms with Crippen LogP contribution in [0.1, 0.15) is 38.7 Å². The molecule has 2 amide bonds. The number of ether oxygens (including phenoxy) is 3. The number of nitrogen functional groups attached to an aromatic ring is 1. The summed E-state index contributed by atoms with van der Waals surface area (Å²) in [5, 5.41) is 12.5. The largest absolute Gasteiger partial charge is 0.508 e. The van der Waals surface area contributed by atoms with Crippen LogP contribution in [0, 0.1) is 5.41 Å². The van der Waals surface area contributed by atoms with Crippen molar-refractivity contribution in [2.45, 2.75) is 50.5 Å². The van der Waals surface area contributed by atoms with E-state index in [1.165, 1.54) is 24.3 Å². The van der Waals surface area contributed by atoms with E-state index >= 15 is 0 Å². The second-order valence-electron chi connectivity index (χ2n) is 13.6. The number of benzene rings is 3. The van der Waals surface area contributed by atoms with Gasteiger partial charge in [0, 0.05) is 29.7 Å². The number of anilines is 1. The highest BCUT2D eigenvalue weighted by molar-refractivity contribution is 7.90. The lowest BCUT2D eigenvalue weighted by molar-refractivity contribution is -0.133. The average molecular weight is 767 g/mol. The van der Waals surface area contributed by atoms with E-state index in [0.29, 0.717) is 48.8 Å². The second kappa shape index (κ2) is 16.9. The van der Waals surface area contributed by atoms with Crippen molar-refractivity contribution in [3.8, 4) is 45.5 Å². The molecule has 14 nitrogen and oxygen atoms in total. The quantitative estimate of drug-likeness (QED) is 0.0491. The second-order valence-corrected chi connectivity index (χ2v) is 15.3. The van der Waals surface area contributed by atoms with E-state index in [1.54, 1.807) is 26.0 Å². The molecule has 6 N–H and O–H groups in total. The summed E-state index contributed by atoms with van der Waals surface area (Å²) in [6.45, 7) is 4.04. The third-order valence-electron chi connectivity index (χ3n) is 9.07. The van der Waals surface area contributed by atoms with Crippen LogP contribution in [0.5, 0.6) is 23.1 Å². The predicted molar refractivity (Wildman–Crippen MR) is 205 cm³/mol. The molecule has 3 heterocycles. The highest BCUT2D eigenvalue weighted by Crippen LogP contribution is 2.37. The van der Waals surface area contributed by atoms with E-state index in [1.807, 2.05) is 60.7 Å². The molecule has 286 valence electrons. The highest BCUT2D eigenvalue weighted by atomic mass is 32.2. The molecule has 1 atom stereocenters. The van der Waals surface area contributed by atoms with Crippen LogP contribution in [0.15, 0.2) is 108 Å². The molecule has 5 aromatic rings. The van der Waals surface area contributed by atoms with Crippen LogP contribution in [-0.4, -0.2) is 54.7 Å². The summed E-state index contributed by atoms with van der Waals surface area (Å²) in [6, 6.07) is 26.9. The number of phenolic OH excluding ortho intramolecular Hbond substituents is 1. The number of carbonyl (C=O) groups is 2. The van der Waals surface area contributed by atoms with Gasteiger partial charge in [-0.05, 0) is 78.4 Å². The number of sulfonamides is 1. The summed E-state index contributed by atoms with van der Waals surface area (Å²) in [6.07, 6.45) is 2.68. The lowest BCUT2D eigenvalue weighted by Crippen LogP contribution is -2.52. The molecule has 3 aromatic carbocycles. The smallest absolute Gasteiger partial charge is 0.265 e. The van der Waals surface area contributed by atoms with Gasteiger partial charge in [0.25, 0.3) is 15.9 Å². The average Bonchev–Trinajstić information content (AvgIpc) is 3.66. The Kier molecular flexibility index (Phi) is 11.8. The van der Waals surface area contributed by atoms with Crippen molar-refractivity contribution in [3.63, 3.8) is 0 Å². The Hall–Kier alpha value is -6.19. The molecule has 1 aliphatic heterocycles. The Morgan fingerprint density at radius 1 is 0.909 bits per heavy atom. The number of rotatable bonds is 16. The summed E-state index contributed by atoms with van der Waals surface area (Å²) in [7, 11) is -4.33. The van der Waals surface area contributed by atoms with Crippen LogP contribution in [-0.2, 0) is 26.0 Å². The third kappa shape index (κ3) is 9.87. The van der Waals surface area contributed by atoms with Gasteiger partial charge >= 0.3 is 0 Å². The topological polar surface area (TPSA) is 204 Å². The number of amides is 2. The van der Waals surface area contributed by atoms with Gasteiger partial charge < -0.3 is 30.1 Å². The van der Waals surface area contributed by atoms with Gasteiger partial charge in [-0.25, -0.2) is 29.0 Å². The number of hydrazine groups is 1. The van der Waals surface area contributed by atoms with E-state index in [4.69, 9.17) is 25.0 Å². The van der Waals surface area contributed by atoms with Gasteiger partial charge in [-0.2, -0.15) is 0 Å². The van der Waals surface area contributed by atoms with Gasteiger partial charge in [-0.3, -0.25) is 9.59 Å². The zero-order chi connectivity index (χ0) is 39.0. The van der Waals surface area contributed by atoms with Crippen molar-refractivity contribution < 1.29 is 37.3 Å². The Labute approximate surface area is 319 Å². The number of nitrogens with zero attached hydrogens (tertiary/aromatic N) is 2. The number of nitrogens with two attached hydrogens (primary N) is 1. The normalized spacial score (nSPS) is 12.8. The first-order valence-corrected chi connectivity index (χ1v) is 19.1. The lowest BCUT2D eigenvalue weighted by Gasteiger charge is -2.27. The number of unbranched alkanes of at least 4 members (excludes halogenated alkanes) is 1. The van der Waals surface area contributed by atoms with Gasteiger partial charge in [0.1, 0.15) is 22.5 Å². The molecule has 2 aromatic heterocycles. The summed E-state index contributed by atoms with van der Waals surface area (Å²) >= 11 is 0. The van der Waals surface area contributed by atoms with Crippen LogP contribution in [0.3, 0.4) is 0 Å². The highest BCUT2D eigenvalue weighted by Gasteiger charge is 2.33. The minimum Gasteiger partial charge on any atom is -0.508 e. The number of nitrogens with one attached hydrogen (secondary N) is 3. The lowest BCUT2D eigenvalue weighted by atomic mass is 9.85. The third-order valence-corrected chi connectivity index (χ3v) is 10.4. The van der Waals surface area contributed by atoms with E-state index in [9.17, 15) is 23.1 Å². The van der Waals surface area contributed by atoms with E-state index in [0.717, 1.165) is 28.6 Å². The summed E-state index contributed by atoms with van der Waals surface area (Å²) in [5.74, 6) is 6.02. The molecule has 0 fully saturated rings. The Morgan fingerprint density at radius 2 is 1.67 bits per heavy atom. The number of pyridine rings is 2. The number of fused-ring (bicyclic) bond motifs is 1. The molecule has 0 saturated heterocycles. The van der Waals surface area contributed by atoms with E-state index in [-0.39, 0.29) is 29.7 Å². The molecule has 15 heteroatoms. The summed E-state index contributed by atoms with van der Waals surface area (Å²) in [5.41, 5.74) is 5.48. The summed E-state index contributed by atoms with van der Waals surface area (Å²) < 4.78 is 45.4. The fraction of sp³-hybridized carbons (Fsp3) is 0.250. The van der Waals surface area contributed by atoms with Crippen molar-refractivity contribution in [3.05, 3.63) is 109 Å². The standard InChI is InChI=1S/C40H42N6O8S/c1-40(2,39(49)44-33(20-26-10-13-30(47)14-11-26)38(48)46-55(50,51)31-15-17-36(45-41)42-24-31)18-6-7-19-52-37-23-29(21-32(43-37)27-8-4-3-5-9-27)28-12-16-34-35(22-28)54-25-53-34/h3-5,8-17,21-24,33,47H,6-7,18-20,25,41H2,1-2H3,(H,42,45)(H,44,49)(H,46,48)/t33-/m0/s1. The molecule has 1 aliphatic rings. The number of hydrogen-bond acceptors (Lipinski definition) is 12. The van der Waals surface area contributed by atoms with Crippen molar-refractivity contribution in [2.75, 3.05) is 18.8 Å². The first-order chi connectivity index (χ1) is 26.4. The number of aromatic nitrogens is 2. The SMILES string of the molecule is CC(C)(CCCCOc1cc(-c2ccc3c(c2)OCO3)cc(-c2ccccc2)n1)C(=O)N[C@@H](Cc1ccc(O)cc1)C(=O)NS(=O)(=O)c1ccc(NN)nc1. The maximum absolute atomic E-state index is 13.7. The zero-order valence-corrected chi connectivity index (χ0v) is 31.1. The fourth-order valence-corrected chi connectivity index (χ4v) is 6.82. The van der Waals surface area contributed by atoms with Crippen molar-refractivity contribution >= 4 is 27.7 Å². The van der Waals surface area contributed by atoms with E-state index < -0.39 is 33.3 Å². The molecule has 0 bridgehead atoms. The summed E-state index contributed by atoms with van der Waals surface area (Å²) in [4.78, 5) is 35.5. The predicted octanol–water partition coefficient (Wildman–Crippen LogP) is 5.34. The molecular weight excluding hydrogens is 725 g/mol. The molecule has 0 unspecified atom stereocenters. The van der Waals surface area contributed by atoms with Gasteiger partial charge in [0.05, 0.1) is 12.3 Å². The fourth-order valence-electron chi connectivity index (χ4n) is 5.86. The molecule has 0 spiro atoms. The van der Waals surface area contributed by atoms with Crippen LogP contribution < -0.4 is 35.5 Å². The Balaban J connectivity index is 1.09. The molecule has 55 heavy (non-hydrogen) atoms. The van der Waals surface area contributed by atoms with Crippen LogP contribution >= 0.6 is 0 Å². The van der Waals surface area contributed by atoms with Crippen molar-refractivity contribution in [1.29, 1.82) is 0 Å². The van der Waals surface area contributed by atoms with Crippen LogP contribution in [0.2, 0.25) is 0 Å². The first kappa shape index (κ1) is 38.5. The molecule has 6 rings (SSSR count). The van der Waals surface area contributed by atoms with Crippen molar-refractivity contribution in [1.82, 2.24) is 20.0 Å². The number of phenols is 1. The first-order valence-electron chi connectivity index (χ1n) is 17.6. The maximum Gasteiger partial charge on any atom is 0.265 e. The molecule has 0 saturated carbocycles. The number of hydrogen-bond donors (Lipinski definition) is 5. The minimum atomic E-state index is -4.33. The Morgan fingerprint density at radius 3 is 2.40 bits per heavy atom. The van der Waals surface area contributed by atoms with Gasteiger partial charge in [0.15, 0.2) is 11.5 Å². The van der Waals surface area contributed by atoms with Gasteiger partial charge in [-0.1, -0.05) is 62.4 Å². The monoisotopic (exact) mass is 766 g/mol. The zero-order valence-electron chi connectivity index (χ0n) is 30.3. The van der Waals surface area contributed by atoms with Crippen molar-refractivity contribution in [2.24, 2.45) is 11.3 Å². The number of carbonyl (C=O) groups excluding carboxylic acids is 2. The Bertz CT molecular complexity index is 2240. The van der Waals surface area contributed by atoms with Gasteiger partial charge in [0.2, 0.25) is 18.6 Å². The molecule has 0 radical (unpaired) electrons. The molecular formula is C40H42N6O8S. The minimum absolute atomic E-state index is 0.0224. The maximum atomic E-state index is 13.7. The number of aromatic hydroxyl groups is 1. The van der Waals surface area contributed by atoms with E-state index in [2.05, 4.69) is 20.4 Å².